The van der Waals surface area contributed by atoms with E-state index in [1.165, 1.54) is 0 Å². The van der Waals surface area contributed by atoms with E-state index in [9.17, 15) is 9.67 Å². The molecule has 0 heterocycles. The highest BCUT2D eigenvalue weighted by Crippen LogP contribution is 2.51. The molecule has 25 heavy (non-hydrogen) atoms. The number of aliphatic hydroxyl groups is 1. The summed E-state index contributed by atoms with van der Waals surface area (Å²) in [5.41, 5.74) is 0.655. The molecule has 4 nitrogen and oxygen atoms in total. The summed E-state index contributed by atoms with van der Waals surface area (Å²) in [6.45, 7) is 13.6. The predicted molar refractivity (Wildman–Crippen MR) is 113 cm³/mol. The van der Waals surface area contributed by atoms with Crippen LogP contribution in [0.25, 0.3) is 0 Å². The standard InChI is InChI=1S/C18H35O4PSi2/c1-21-17-9-8-16(15-19)18(14-17)22-23(20,10-12-24(2,3)4)11-13-25(5,6)7/h8-9,14,19H,10-13,15H2,1-7H3. The molecule has 144 valence electrons. The van der Waals surface area contributed by atoms with E-state index in [1.807, 2.05) is 0 Å². The van der Waals surface area contributed by atoms with Crippen molar-refractivity contribution < 1.29 is 18.9 Å². The molecule has 0 aliphatic heterocycles. The van der Waals surface area contributed by atoms with Crippen molar-refractivity contribution in [2.24, 2.45) is 0 Å². The van der Waals surface area contributed by atoms with Gasteiger partial charge in [-0.1, -0.05) is 39.3 Å². The van der Waals surface area contributed by atoms with E-state index in [-0.39, 0.29) is 6.61 Å². The number of rotatable bonds is 10. The van der Waals surface area contributed by atoms with Gasteiger partial charge in [0.1, 0.15) is 11.5 Å². The van der Waals surface area contributed by atoms with Crippen molar-refractivity contribution in [3.63, 3.8) is 0 Å². The highest BCUT2D eigenvalue weighted by Gasteiger charge is 2.30. The Labute approximate surface area is 155 Å². The maximum Gasteiger partial charge on any atom is 0.247 e. The Morgan fingerprint density at radius 1 is 1.00 bits per heavy atom. The minimum Gasteiger partial charge on any atom is -0.497 e. The third-order valence-electron chi connectivity index (χ3n) is 4.11. The minimum atomic E-state index is -2.80. The van der Waals surface area contributed by atoms with Crippen molar-refractivity contribution in [1.82, 2.24) is 0 Å². The number of hydrogen-bond donors (Lipinski definition) is 1. The molecule has 1 aromatic rings. The molecule has 0 aromatic heterocycles. The van der Waals surface area contributed by atoms with Crippen LogP contribution in [0.15, 0.2) is 18.2 Å². The third kappa shape index (κ3) is 8.58. The molecule has 1 aromatic carbocycles. The second-order valence-electron chi connectivity index (χ2n) is 9.11. The average Bonchev–Trinajstić information content (AvgIpc) is 2.50. The lowest BCUT2D eigenvalue weighted by molar-refractivity contribution is 0.278. The molecule has 0 saturated carbocycles. The van der Waals surface area contributed by atoms with Crippen LogP contribution in [-0.4, -0.2) is 40.7 Å². The van der Waals surface area contributed by atoms with Gasteiger partial charge in [0.2, 0.25) is 7.37 Å². The Bertz CT molecular complexity index is 584. The van der Waals surface area contributed by atoms with E-state index < -0.39 is 23.5 Å². The summed E-state index contributed by atoms with van der Waals surface area (Å²) >= 11 is 0. The smallest absolute Gasteiger partial charge is 0.247 e. The van der Waals surface area contributed by atoms with Crippen molar-refractivity contribution in [2.45, 2.75) is 58.0 Å². The largest absolute Gasteiger partial charge is 0.497 e. The molecule has 1 rings (SSSR count). The first-order valence-corrected chi connectivity index (χ1v) is 18.3. The van der Waals surface area contributed by atoms with Crippen LogP contribution in [0, 0.1) is 0 Å². The molecule has 0 aliphatic rings. The number of ether oxygens (including phenoxy) is 1. The van der Waals surface area contributed by atoms with Crippen molar-refractivity contribution in [1.29, 1.82) is 0 Å². The number of benzene rings is 1. The monoisotopic (exact) mass is 402 g/mol. The van der Waals surface area contributed by atoms with Gasteiger partial charge in [-0.3, -0.25) is 4.57 Å². The molecule has 0 amide bonds. The van der Waals surface area contributed by atoms with Crippen molar-refractivity contribution in [3.8, 4) is 11.5 Å². The Kier molecular flexibility index (Phi) is 8.00. The van der Waals surface area contributed by atoms with E-state index in [1.54, 1.807) is 25.3 Å². The van der Waals surface area contributed by atoms with Gasteiger partial charge in [0, 0.05) is 40.1 Å². The van der Waals surface area contributed by atoms with Crippen molar-refractivity contribution in [3.05, 3.63) is 23.8 Å². The van der Waals surface area contributed by atoms with Crippen LogP contribution in [-0.2, 0) is 11.2 Å². The highest BCUT2D eigenvalue weighted by atomic mass is 31.2. The fourth-order valence-corrected chi connectivity index (χ4v) is 11.3. The summed E-state index contributed by atoms with van der Waals surface area (Å²) in [7, 11) is -3.84. The summed E-state index contributed by atoms with van der Waals surface area (Å²) in [6.07, 6.45) is 1.24. The summed E-state index contributed by atoms with van der Waals surface area (Å²) in [5, 5.41) is 9.60. The van der Waals surface area contributed by atoms with Crippen LogP contribution in [0.5, 0.6) is 11.5 Å². The van der Waals surface area contributed by atoms with Crippen LogP contribution in [0.4, 0.5) is 0 Å². The van der Waals surface area contributed by atoms with Crippen LogP contribution in [0.3, 0.4) is 0 Å². The SMILES string of the molecule is COc1ccc(CO)c(OP(=O)(CC[Si](C)(C)C)CC[Si](C)(C)C)c1. The summed E-state index contributed by atoms with van der Waals surface area (Å²) in [6, 6.07) is 7.26. The number of methoxy groups -OCH3 is 1. The molecule has 0 bridgehead atoms. The van der Waals surface area contributed by atoms with Gasteiger partial charge in [-0.25, -0.2) is 0 Å². The highest BCUT2D eigenvalue weighted by molar-refractivity contribution is 7.59. The van der Waals surface area contributed by atoms with E-state index in [2.05, 4.69) is 39.3 Å². The molecule has 0 fully saturated rings. The van der Waals surface area contributed by atoms with Gasteiger partial charge in [-0.2, -0.15) is 0 Å². The second kappa shape index (κ2) is 8.89. The Balaban J connectivity index is 3.08. The zero-order valence-electron chi connectivity index (χ0n) is 16.9. The van der Waals surface area contributed by atoms with E-state index in [0.717, 1.165) is 12.1 Å². The van der Waals surface area contributed by atoms with Gasteiger partial charge in [0.15, 0.2) is 0 Å². The molecule has 1 N–H and O–H groups in total. The lowest BCUT2D eigenvalue weighted by Gasteiger charge is -2.26. The molecule has 0 radical (unpaired) electrons. The summed E-state index contributed by atoms with van der Waals surface area (Å²) in [5.74, 6) is 1.14. The average molecular weight is 403 g/mol. The van der Waals surface area contributed by atoms with Gasteiger partial charge in [-0.05, 0) is 24.2 Å². The quantitative estimate of drug-likeness (QED) is 0.413. The van der Waals surface area contributed by atoms with E-state index >= 15 is 0 Å². The van der Waals surface area contributed by atoms with Crippen LogP contribution in [0.1, 0.15) is 5.56 Å². The molecule has 7 heteroatoms. The lowest BCUT2D eigenvalue weighted by Crippen LogP contribution is -2.24. The molecule has 0 spiro atoms. The van der Waals surface area contributed by atoms with E-state index in [0.29, 0.717) is 29.4 Å². The molecule has 0 aliphatic carbocycles. The number of hydrogen-bond acceptors (Lipinski definition) is 4. The molecule has 0 saturated heterocycles. The van der Waals surface area contributed by atoms with Crippen molar-refractivity contribution in [2.75, 3.05) is 19.4 Å². The zero-order valence-corrected chi connectivity index (χ0v) is 19.8. The van der Waals surface area contributed by atoms with Gasteiger partial charge in [0.25, 0.3) is 0 Å². The molecule has 0 atom stereocenters. The predicted octanol–water partition coefficient (Wildman–Crippen LogP) is 5.52. The van der Waals surface area contributed by atoms with Gasteiger partial charge >= 0.3 is 0 Å². The fraction of sp³-hybridized carbons (Fsp3) is 0.667. The number of aliphatic hydroxyl groups excluding tert-OH is 1. The third-order valence-corrected chi connectivity index (χ3v) is 10.8. The fourth-order valence-electron chi connectivity index (χ4n) is 2.27. The van der Waals surface area contributed by atoms with Crippen LogP contribution >= 0.6 is 7.37 Å². The van der Waals surface area contributed by atoms with Gasteiger partial charge < -0.3 is 14.4 Å². The topological polar surface area (TPSA) is 55.8 Å². The minimum absolute atomic E-state index is 0.138. The first-order chi connectivity index (χ1) is 11.4. The van der Waals surface area contributed by atoms with Crippen LogP contribution in [0.2, 0.25) is 51.4 Å². The first kappa shape index (κ1) is 22.5. The molecule has 0 unspecified atom stereocenters. The van der Waals surface area contributed by atoms with Gasteiger partial charge in [-0.15, -0.1) is 0 Å². The second-order valence-corrected chi connectivity index (χ2v) is 23.1. The van der Waals surface area contributed by atoms with E-state index in [4.69, 9.17) is 9.26 Å². The first-order valence-electron chi connectivity index (χ1n) is 8.93. The maximum absolute atomic E-state index is 13.6. The maximum atomic E-state index is 13.6. The summed E-state index contributed by atoms with van der Waals surface area (Å²) in [4.78, 5) is 0. The molecular formula is C18H35O4PSi2. The Hall–Kier alpha value is -0.556. The molecular weight excluding hydrogens is 367 g/mol. The van der Waals surface area contributed by atoms with Crippen LogP contribution < -0.4 is 9.26 Å². The normalized spacial score (nSPS) is 13.0. The Morgan fingerprint density at radius 3 is 1.92 bits per heavy atom. The van der Waals surface area contributed by atoms with Gasteiger partial charge in [0.05, 0.1) is 13.7 Å². The zero-order chi connectivity index (χ0) is 19.3. The lowest BCUT2D eigenvalue weighted by atomic mass is 10.2. The Morgan fingerprint density at radius 2 is 1.52 bits per heavy atom. The summed E-state index contributed by atoms with van der Waals surface area (Å²) < 4.78 is 25.0. The van der Waals surface area contributed by atoms with Crippen molar-refractivity contribution >= 4 is 23.5 Å².